The number of rotatable bonds is 8. The molecular weight excluding hydrogens is 837 g/mol. The summed E-state index contributed by atoms with van der Waals surface area (Å²) in [5.41, 5.74) is -0.442. The fraction of sp³-hybridized carbons (Fsp3) is 0.289. The van der Waals surface area contributed by atoms with Gasteiger partial charge in [0.05, 0.1) is 35.5 Å². The highest BCUT2D eigenvalue weighted by molar-refractivity contribution is 6.15. The monoisotopic (exact) mass is 877 g/mol. The van der Waals surface area contributed by atoms with E-state index in [0.29, 0.717) is 79.9 Å². The van der Waals surface area contributed by atoms with Gasteiger partial charge in [-0.15, -0.1) is 0 Å². The van der Waals surface area contributed by atoms with Gasteiger partial charge in [-0.25, -0.2) is 9.59 Å². The van der Waals surface area contributed by atoms with Crippen molar-refractivity contribution >= 4 is 45.6 Å². The lowest BCUT2D eigenvalue weighted by atomic mass is 10.1. The third kappa shape index (κ3) is 9.41. The van der Waals surface area contributed by atoms with Crippen LogP contribution in [0, 0.1) is 0 Å². The summed E-state index contributed by atoms with van der Waals surface area (Å²) in [6, 6.07) is 23.0. The Kier molecular flexibility index (Phi) is 12.7. The summed E-state index contributed by atoms with van der Waals surface area (Å²) in [7, 11) is 1.95. The van der Waals surface area contributed by atoms with Crippen molar-refractivity contribution in [1.82, 2.24) is 23.8 Å². The van der Waals surface area contributed by atoms with E-state index in [2.05, 4.69) is 4.90 Å². The molecular formula is C45H41F6N5O7. The Hall–Kier alpha value is -6.66. The van der Waals surface area contributed by atoms with E-state index in [4.69, 9.17) is 4.74 Å². The van der Waals surface area contributed by atoms with Gasteiger partial charge in [0.25, 0.3) is 11.8 Å². The number of likely N-dealkylation sites (N-methyl/N-ethyl adjacent to an activating group) is 1. The molecule has 6 aromatic rings. The molecule has 330 valence electrons. The second-order valence-corrected chi connectivity index (χ2v) is 15.2. The van der Waals surface area contributed by atoms with Crippen molar-refractivity contribution in [3.8, 4) is 0 Å². The molecule has 2 aromatic heterocycles. The van der Waals surface area contributed by atoms with Crippen molar-refractivity contribution in [2.75, 3.05) is 59.5 Å². The fourth-order valence-electron chi connectivity index (χ4n) is 7.96. The van der Waals surface area contributed by atoms with Gasteiger partial charge in [0.1, 0.15) is 11.4 Å². The van der Waals surface area contributed by atoms with Gasteiger partial charge in [0.15, 0.2) is 0 Å². The second kappa shape index (κ2) is 18.0. The SMILES string of the molecule is CN1CCN(C(=O)c2c(C(=O)O)n(Cc3cccc(C(F)(F)F)c3)c3ccccc23)CC1.O=C(O)c1c(C(=O)N2CCOCC2)c2ccccc2n1Cc1cccc(C(F)(F)F)c1. The number of carboxylic acids is 2. The number of aromatic nitrogens is 2. The number of fused-ring (bicyclic) bond motifs is 2. The minimum Gasteiger partial charge on any atom is -0.477 e. The minimum absolute atomic E-state index is 0.0389. The lowest BCUT2D eigenvalue weighted by Crippen LogP contribution is -2.47. The number of carbonyl (C=O) groups excluding carboxylic acids is 2. The first kappa shape index (κ1) is 44.4. The van der Waals surface area contributed by atoms with E-state index in [1.54, 1.807) is 53.4 Å². The first-order valence-corrected chi connectivity index (χ1v) is 19.8. The average Bonchev–Trinajstić information content (AvgIpc) is 3.76. The molecule has 0 unspecified atom stereocenters. The number of carboxylic acid groups (broad SMARTS) is 2. The molecule has 0 bridgehead atoms. The summed E-state index contributed by atoms with van der Waals surface area (Å²) >= 11 is 0. The summed E-state index contributed by atoms with van der Waals surface area (Å²) < 4.78 is 86.9. The highest BCUT2D eigenvalue weighted by Crippen LogP contribution is 2.34. The molecule has 2 amide bonds. The lowest BCUT2D eigenvalue weighted by Gasteiger charge is -2.32. The summed E-state index contributed by atoms with van der Waals surface area (Å²) in [5, 5.41) is 20.9. The Morgan fingerprint density at radius 2 is 0.952 bits per heavy atom. The molecule has 18 heteroatoms. The Morgan fingerprint density at radius 1 is 0.556 bits per heavy atom. The normalized spacial score (nSPS) is 15.0. The number of carbonyl (C=O) groups is 4. The van der Waals surface area contributed by atoms with Gasteiger partial charge in [0, 0.05) is 74.2 Å². The van der Waals surface area contributed by atoms with E-state index >= 15 is 0 Å². The van der Waals surface area contributed by atoms with Gasteiger partial charge in [-0.3, -0.25) is 9.59 Å². The molecule has 2 aliphatic heterocycles. The maximum absolute atomic E-state index is 13.4. The molecule has 0 radical (unpaired) electrons. The zero-order chi connectivity index (χ0) is 45.2. The van der Waals surface area contributed by atoms with Crippen LogP contribution >= 0.6 is 0 Å². The number of halogens is 6. The largest absolute Gasteiger partial charge is 0.477 e. The Morgan fingerprint density at radius 3 is 1.35 bits per heavy atom. The van der Waals surface area contributed by atoms with E-state index in [0.717, 1.165) is 24.3 Å². The van der Waals surface area contributed by atoms with Crippen LogP contribution in [0.15, 0.2) is 97.1 Å². The van der Waals surface area contributed by atoms with Crippen LogP contribution in [-0.2, 0) is 30.2 Å². The molecule has 4 heterocycles. The number of morpholine rings is 1. The number of hydrogen-bond acceptors (Lipinski definition) is 6. The zero-order valence-electron chi connectivity index (χ0n) is 33.7. The molecule has 63 heavy (non-hydrogen) atoms. The van der Waals surface area contributed by atoms with Crippen LogP contribution in [0.25, 0.3) is 21.8 Å². The van der Waals surface area contributed by atoms with Crippen molar-refractivity contribution in [3.63, 3.8) is 0 Å². The van der Waals surface area contributed by atoms with Gasteiger partial charge < -0.3 is 38.8 Å². The molecule has 0 aliphatic carbocycles. The number of nitrogens with zero attached hydrogens (tertiary/aromatic N) is 5. The van der Waals surface area contributed by atoms with Gasteiger partial charge in [-0.1, -0.05) is 60.7 Å². The highest BCUT2D eigenvalue weighted by atomic mass is 19.4. The summed E-state index contributed by atoms with van der Waals surface area (Å²) in [6.45, 7) is 3.46. The second-order valence-electron chi connectivity index (χ2n) is 15.2. The van der Waals surface area contributed by atoms with Crippen molar-refractivity contribution in [2.24, 2.45) is 0 Å². The molecule has 0 saturated carbocycles. The van der Waals surface area contributed by atoms with Crippen LogP contribution in [0.3, 0.4) is 0 Å². The summed E-state index contributed by atoms with van der Waals surface area (Å²) in [4.78, 5) is 56.4. The molecule has 4 aromatic carbocycles. The Bertz CT molecular complexity index is 2690. The topological polar surface area (TPSA) is 138 Å². The van der Waals surface area contributed by atoms with E-state index in [1.807, 2.05) is 7.05 Å². The van der Waals surface area contributed by atoms with Crippen molar-refractivity contribution in [2.45, 2.75) is 25.4 Å². The molecule has 12 nitrogen and oxygen atoms in total. The van der Waals surface area contributed by atoms with E-state index in [-0.39, 0.29) is 47.1 Å². The molecule has 8 rings (SSSR count). The van der Waals surface area contributed by atoms with Gasteiger partial charge in [0.2, 0.25) is 0 Å². The highest BCUT2D eigenvalue weighted by Gasteiger charge is 2.35. The average molecular weight is 878 g/mol. The third-order valence-corrected chi connectivity index (χ3v) is 11.1. The van der Waals surface area contributed by atoms with Crippen LogP contribution < -0.4 is 0 Å². The Balaban J connectivity index is 0.000000189. The van der Waals surface area contributed by atoms with Crippen molar-refractivity contribution in [3.05, 3.63) is 142 Å². The Labute approximate surface area is 356 Å². The first-order valence-electron chi connectivity index (χ1n) is 19.8. The molecule has 0 spiro atoms. The number of benzene rings is 4. The van der Waals surface area contributed by atoms with Gasteiger partial charge in [-0.05, 0) is 54.6 Å². The summed E-state index contributed by atoms with van der Waals surface area (Å²) in [6.07, 6.45) is -9.02. The zero-order valence-corrected chi connectivity index (χ0v) is 33.7. The summed E-state index contributed by atoms with van der Waals surface area (Å²) in [5.74, 6) is -3.43. The van der Waals surface area contributed by atoms with Crippen LogP contribution in [-0.4, -0.2) is 117 Å². The van der Waals surface area contributed by atoms with Crippen molar-refractivity contribution in [1.29, 1.82) is 0 Å². The van der Waals surface area contributed by atoms with Crippen LogP contribution in [0.5, 0.6) is 0 Å². The quantitative estimate of drug-likeness (QED) is 0.149. The molecule has 2 fully saturated rings. The number of para-hydroxylation sites is 2. The minimum atomic E-state index is -4.51. The van der Waals surface area contributed by atoms with Crippen molar-refractivity contribution < 1.29 is 60.5 Å². The first-order chi connectivity index (χ1) is 29.9. The maximum atomic E-state index is 13.4. The number of ether oxygens (including phenoxy) is 1. The molecule has 2 saturated heterocycles. The number of amides is 2. The van der Waals surface area contributed by atoms with E-state index in [1.165, 1.54) is 38.3 Å². The lowest BCUT2D eigenvalue weighted by molar-refractivity contribution is -0.138. The van der Waals surface area contributed by atoms with E-state index in [9.17, 15) is 55.7 Å². The fourth-order valence-corrected chi connectivity index (χ4v) is 7.96. The maximum Gasteiger partial charge on any atom is 0.416 e. The predicted molar refractivity (Wildman–Crippen MR) is 219 cm³/mol. The third-order valence-electron chi connectivity index (χ3n) is 11.1. The van der Waals surface area contributed by atoms with Crippen LogP contribution in [0.2, 0.25) is 0 Å². The molecule has 0 atom stereocenters. The van der Waals surface area contributed by atoms with E-state index < -0.39 is 41.3 Å². The number of alkyl halides is 6. The van der Waals surface area contributed by atoms with Gasteiger partial charge in [-0.2, -0.15) is 26.3 Å². The van der Waals surface area contributed by atoms with Crippen LogP contribution in [0.4, 0.5) is 26.3 Å². The van der Waals surface area contributed by atoms with Gasteiger partial charge >= 0.3 is 24.3 Å². The standard InChI is InChI=1S/C23H22F3N3O3.C22H19F3N2O4/c1-27-9-11-28(12-10-27)21(30)19-17-7-2-3-8-18(17)29(20(19)22(31)32)14-15-5-4-6-16(13-15)23(24,25)26;23-22(24,25)15-5-3-4-14(12-15)13-27-17-7-2-1-6-16(17)18(19(27)21(29)30)20(28)26-8-10-31-11-9-26/h2-8,13H,9-12,14H2,1H3,(H,31,32);1-7,12H,8-11,13H2,(H,29,30). The molecule has 2 aliphatic rings. The predicted octanol–water partition coefficient (Wildman–Crippen LogP) is 7.67. The number of hydrogen-bond donors (Lipinski definition) is 2. The number of piperazine rings is 1. The molecule has 2 N–H and O–H groups in total. The number of aromatic carboxylic acids is 2. The smallest absolute Gasteiger partial charge is 0.416 e. The van der Waals surface area contributed by atoms with Crippen LogP contribution in [0.1, 0.15) is 63.9 Å².